The summed E-state index contributed by atoms with van der Waals surface area (Å²) in [4.78, 5) is 29.7. The van der Waals surface area contributed by atoms with Gasteiger partial charge < -0.3 is 24.4 Å². The van der Waals surface area contributed by atoms with Crippen LogP contribution in [0.1, 0.15) is 51.3 Å². The zero-order valence-electron chi connectivity index (χ0n) is 21.6. The number of carbonyl (C=O) groups is 2. The van der Waals surface area contributed by atoms with E-state index in [4.69, 9.17) is 16.3 Å². The maximum Gasteiger partial charge on any atom is 0.317 e. The molecule has 0 aliphatic rings. The molecule has 2 rings (SSSR count). The molecular formula is C27H41ClN4O3. The third-order valence-electron chi connectivity index (χ3n) is 5.71. The van der Waals surface area contributed by atoms with Crippen molar-refractivity contribution in [2.75, 3.05) is 39.9 Å². The Balaban J connectivity index is 2.13. The number of methoxy groups -OCH3 is 1. The van der Waals surface area contributed by atoms with E-state index in [1.165, 1.54) is 0 Å². The zero-order valence-corrected chi connectivity index (χ0v) is 22.4. The SMILES string of the molecule is CCCCNC(=O)N(CCCOC)CC(=O)N(Cc1cccn1Cc1ccccc1Cl)CC(C)C. The largest absolute Gasteiger partial charge is 0.385 e. The smallest absolute Gasteiger partial charge is 0.317 e. The first-order valence-electron chi connectivity index (χ1n) is 12.5. The van der Waals surface area contributed by atoms with Crippen molar-refractivity contribution in [2.24, 2.45) is 5.92 Å². The van der Waals surface area contributed by atoms with Gasteiger partial charge in [0.15, 0.2) is 0 Å². The molecule has 0 aliphatic carbocycles. The van der Waals surface area contributed by atoms with E-state index in [0.717, 1.165) is 29.1 Å². The van der Waals surface area contributed by atoms with Gasteiger partial charge in [0.05, 0.1) is 6.54 Å². The van der Waals surface area contributed by atoms with Crippen LogP contribution < -0.4 is 5.32 Å². The molecule has 194 valence electrons. The summed E-state index contributed by atoms with van der Waals surface area (Å²) >= 11 is 6.37. The van der Waals surface area contributed by atoms with Crippen LogP contribution in [0.2, 0.25) is 5.02 Å². The molecule has 0 spiro atoms. The van der Waals surface area contributed by atoms with Crippen LogP contribution in [-0.4, -0.2) is 66.2 Å². The van der Waals surface area contributed by atoms with Gasteiger partial charge in [0.25, 0.3) is 0 Å². The van der Waals surface area contributed by atoms with Gasteiger partial charge in [0.2, 0.25) is 5.91 Å². The van der Waals surface area contributed by atoms with E-state index in [2.05, 4.69) is 30.7 Å². The summed E-state index contributed by atoms with van der Waals surface area (Å²) in [6.07, 6.45) is 4.59. The molecule has 0 saturated heterocycles. The molecule has 0 bridgehead atoms. The van der Waals surface area contributed by atoms with Crippen molar-refractivity contribution in [2.45, 2.75) is 53.1 Å². The number of carbonyl (C=O) groups excluding carboxylic acids is 2. The first-order chi connectivity index (χ1) is 16.8. The third kappa shape index (κ3) is 9.94. The van der Waals surface area contributed by atoms with E-state index >= 15 is 0 Å². The minimum atomic E-state index is -0.200. The Bertz CT molecular complexity index is 915. The van der Waals surface area contributed by atoms with Gasteiger partial charge >= 0.3 is 6.03 Å². The van der Waals surface area contributed by atoms with E-state index in [0.29, 0.717) is 51.7 Å². The fraction of sp³-hybridized carbons (Fsp3) is 0.556. The molecule has 3 amide bonds. The van der Waals surface area contributed by atoms with Gasteiger partial charge in [-0.1, -0.05) is 57.0 Å². The van der Waals surface area contributed by atoms with Gasteiger partial charge in [-0.15, -0.1) is 0 Å². The minimum absolute atomic E-state index is 0.0413. The van der Waals surface area contributed by atoms with Crippen LogP contribution in [0.25, 0.3) is 0 Å². The maximum absolute atomic E-state index is 13.4. The minimum Gasteiger partial charge on any atom is -0.385 e. The zero-order chi connectivity index (χ0) is 25.6. The highest BCUT2D eigenvalue weighted by molar-refractivity contribution is 6.31. The van der Waals surface area contributed by atoms with Crippen molar-refractivity contribution in [1.29, 1.82) is 0 Å². The van der Waals surface area contributed by atoms with Crippen molar-refractivity contribution in [3.63, 3.8) is 0 Å². The predicted octanol–water partition coefficient (Wildman–Crippen LogP) is 5.02. The fourth-order valence-electron chi connectivity index (χ4n) is 3.85. The normalized spacial score (nSPS) is 11.0. The van der Waals surface area contributed by atoms with Crippen LogP contribution >= 0.6 is 11.6 Å². The average molecular weight is 505 g/mol. The number of urea groups is 1. The van der Waals surface area contributed by atoms with Gasteiger partial charge in [0, 0.05) is 56.8 Å². The monoisotopic (exact) mass is 504 g/mol. The third-order valence-corrected chi connectivity index (χ3v) is 6.08. The number of benzene rings is 1. The second kappa shape index (κ2) is 15.5. The van der Waals surface area contributed by atoms with Crippen LogP contribution in [0.15, 0.2) is 42.6 Å². The van der Waals surface area contributed by atoms with Crippen LogP contribution in [0.5, 0.6) is 0 Å². The number of amides is 3. The molecule has 7 nitrogen and oxygen atoms in total. The summed E-state index contributed by atoms with van der Waals surface area (Å²) in [5.74, 6) is 0.235. The molecule has 1 aromatic carbocycles. The van der Waals surface area contributed by atoms with Crippen LogP contribution in [0.3, 0.4) is 0 Å². The van der Waals surface area contributed by atoms with E-state index in [1.807, 2.05) is 47.5 Å². The molecule has 0 saturated carbocycles. The molecule has 1 heterocycles. The number of hydrogen-bond acceptors (Lipinski definition) is 3. The standard InChI is InChI=1S/C27H41ClN4O3/c1-5-6-14-29-27(34)31(16-10-17-35-4)21-26(33)32(18-22(2)3)20-24-12-9-15-30(24)19-23-11-7-8-13-25(23)28/h7-9,11-13,15,22H,5-6,10,14,16-21H2,1-4H3,(H,29,34). The maximum atomic E-state index is 13.4. The topological polar surface area (TPSA) is 66.8 Å². The Morgan fingerprint density at radius 3 is 2.57 bits per heavy atom. The average Bonchev–Trinajstić information content (AvgIpc) is 3.25. The highest BCUT2D eigenvalue weighted by atomic mass is 35.5. The quantitative estimate of drug-likeness (QED) is 0.346. The molecular weight excluding hydrogens is 464 g/mol. The van der Waals surface area contributed by atoms with Crippen LogP contribution in [-0.2, 0) is 22.6 Å². The van der Waals surface area contributed by atoms with Gasteiger partial charge in [-0.05, 0) is 42.5 Å². The van der Waals surface area contributed by atoms with Crippen molar-refractivity contribution in [3.8, 4) is 0 Å². The molecule has 0 unspecified atom stereocenters. The molecule has 0 fully saturated rings. The Labute approximate surface area is 215 Å². The van der Waals surface area contributed by atoms with E-state index in [1.54, 1.807) is 12.0 Å². The van der Waals surface area contributed by atoms with E-state index in [-0.39, 0.29) is 18.5 Å². The molecule has 0 radical (unpaired) electrons. The number of unbranched alkanes of at least 4 members (excludes halogenated alkanes) is 1. The lowest BCUT2D eigenvalue weighted by molar-refractivity contribution is -0.133. The van der Waals surface area contributed by atoms with Crippen molar-refractivity contribution in [3.05, 3.63) is 58.9 Å². The predicted molar refractivity (Wildman–Crippen MR) is 142 cm³/mol. The van der Waals surface area contributed by atoms with Gasteiger partial charge in [0.1, 0.15) is 6.54 Å². The second-order valence-electron chi connectivity index (χ2n) is 9.24. The van der Waals surface area contributed by atoms with Crippen molar-refractivity contribution < 1.29 is 14.3 Å². The number of nitrogens with zero attached hydrogens (tertiary/aromatic N) is 3. The Kier molecular flexibility index (Phi) is 12.7. The highest BCUT2D eigenvalue weighted by Crippen LogP contribution is 2.18. The van der Waals surface area contributed by atoms with Gasteiger partial charge in [-0.25, -0.2) is 4.79 Å². The number of aromatic nitrogens is 1. The molecule has 0 aliphatic heterocycles. The lowest BCUT2D eigenvalue weighted by atomic mass is 10.2. The molecule has 1 aromatic heterocycles. The van der Waals surface area contributed by atoms with Crippen molar-refractivity contribution in [1.82, 2.24) is 19.7 Å². The summed E-state index contributed by atoms with van der Waals surface area (Å²) < 4.78 is 7.27. The van der Waals surface area contributed by atoms with Crippen molar-refractivity contribution >= 4 is 23.5 Å². The van der Waals surface area contributed by atoms with Gasteiger partial charge in [-0.3, -0.25) is 4.79 Å². The number of nitrogens with one attached hydrogen (secondary N) is 1. The number of hydrogen-bond donors (Lipinski definition) is 1. The van der Waals surface area contributed by atoms with E-state index < -0.39 is 0 Å². The highest BCUT2D eigenvalue weighted by Gasteiger charge is 2.23. The molecule has 35 heavy (non-hydrogen) atoms. The first-order valence-corrected chi connectivity index (χ1v) is 12.9. The van der Waals surface area contributed by atoms with Crippen LogP contribution in [0, 0.1) is 5.92 Å². The van der Waals surface area contributed by atoms with Crippen LogP contribution in [0.4, 0.5) is 4.79 Å². The summed E-state index contributed by atoms with van der Waals surface area (Å²) in [5, 5.41) is 3.67. The number of halogens is 1. The Morgan fingerprint density at radius 2 is 1.89 bits per heavy atom. The Hall–Kier alpha value is -2.51. The summed E-state index contributed by atoms with van der Waals surface area (Å²) in [6.45, 7) is 9.64. The molecule has 0 atom stereocenters. The van der Waals surface area contributed by atoms with E-state index in [9.17, 15) is 9.59 Å². The summed E-state index contributed by atoms with van der Waals surface area (Å²) in [7, 11) is 1.64. The molecule has 1 N–H and O–H groups in total. The lowest BCUT2D eigenvalue weighted by Gasteiger charge is -2.29. The van der Waals surface area contributed by atoms with Gasteiger partial charge in [-0.2, -0.15) is 0 Å². The summed E-state index contributed by atoms with van der Waals surface area (Å²) in [5.41, 5.74) is 2.05. The summed E-state index contributed by atoms with van der Waals surface area (Å²) in [6, 6.07) is 11.6. The number of rotatable bonds is 15. The Morgan fingerprint density at radius 1 is 1.11 bits per heavy atom. The first kappa shape index (κ1) is 28.7. The second-order valence-corrected chi connectivity index (χ2v) is 9.65. The fourth-order valence-corrected chi connectivity index (χ4v) is 4.04. The molecule has 8 heteroatoms. The lowest BCUT2D eigenvalue weighted by Crippen LogP contribution is -2.48. The number of ether oxygens (including phenoxy) is 1. The molecule has 2 aromatic rings.